The Morgan fingerprint density at radius 2 is 1.43 bits per heavy atom. The quantitative estimate of drug-likeness (QED) is 0.178. The molecule has 1 unspecified atom stereocenters. The average Bonchev–Trinajstić information content (AvgIpc) is 3.02. The molecular formula is C33H32Cl2FN3O4S. The van der Waals surface area contributed by atoms with Crippen molar-refractivity contribution in [3.8, 4) is 0 Å². The van der Waals surface area contributed by atoms with E-state index < -0.39 is 40.2 Å². The molecule has 4 aromatic rings. The number of hydrogen-bond donors (Lipinski definition) is 1. The van der Waals surface area contributed by atoms with E-state index in [-0.39, 0.29) is 23.5 Å². The van der Waals surface area contributed by atoms with Crippen LogP contribution in [0.1, 0.15) is 24.5 Å². The molecule has 230 valence electrons. The average molecular weight is 657 g/mol. The van der Waals surface area contributed by atoms with Crippen LogP contribution in [0, 0.1) is 5.82 Å². The fourth-order valence-electron chi connectivity index (χ4n) is 4.63. The minimum absolute atomic E-state index is 0.153. The van der Waals surface area contributed by atoms with Gasteiger partial charge in [-0.25, -0.2) is 12.8 Å². The molecule has 4 rings (SSSR count). The molecular weight excluding hydrogens is 624 g/mol. The van der Waals surface area contributed by atoms with E-state index in [4.69, 9.17) is 23.2 Å². The van der Waals surface area contributed by atoms with Gasteiger partial charge in [0.05, 0.1) is 10.6 Å². The predicted octanol–water partition coefficient (Wildman–Crippen LogP) is 6.49. The number of carbonyl (C=O) groups is 2. The van der Waals surface area contributed by atoms with E-state index in [1.807, 2.05) is 37.3 Å². The van der Waals surface area contributed by atoms with Gasteiger partial charge in [0.25, 0.3) is 10.0 Å². The van der Waals surface area contributed by atoms with Gasteiger partial charge < -0.3 is 10.2 Å². The molecule has 11 heteroatoms. The molecule has 44 heavy (non-hydrogen) atoms. The number of amides is 2. The molecule has 0 aliphatic carbocycles. The maximum absolute atomic E-state index is 14.4. The van der Waals surface area contributed by atoms with Crippen LogP contribution < -0.4 is 9.62 Å². The first-order valence-corrected chi connectivity index (χ1v) is 16.2. The Hall–Kier alpha value is -3.92. The third-order valence-corrected chi connectivity index (χ3v) is 9.43. The summed E-state index contributed by atoms with van der Waals surface area (Å²) in [6.07, 6.45) is 0.825. The normalized spacial score (nSPS) is 11.9. The van der Waals surface area contributed by atoms with E-state index in [0.29, 0.717) is 28.6 Å². The molecule has 4 aromatic carbocycles. The highest BCUT2D eigenvalue weighted by atomic mass is 35.5. The number of carbonyl (C=O) groups excluding carboxylic acids is 2. The maximum atomic E-state index is 14.4. The van der Waals surface area contributed by atoms with E-state index in [0.717, 1.165) is 34.1 Å². The highest BCUT2D eigenvalue weighted by Crippen LogP contribution is 2.29. The van der Waals surface area contributed by atoms with Gasteiger partial charge in [-0.3, -0.25) is 13.9 Å². The van der Waals surface area contributed by atoms with Crippen molar-refractivity contribution in [2.75, 3.05) is 17.4 Å². The van der Waals surface area contributed by atoms with E-state index in [2.05, 4.69) is 5.32 Å². The number of nitrogens with one attached hydrogen (secondary N) is 1. The molecule has 1 atom stereocenters. The van der Waals surface area contributed by atoms with Crippen LogP contribution in [-0.2, 0) is 32.6 Å². The van der Waals surface area contributed by atoms with E-state index in [9.17, 15) is 22.4 Å². The molecule has 0 saturated heterocycles. The summed E-state index contributed by atoms with van der Waals surface area (Å²) in [4.78, 5) is 29.2. The van der Waals surface area contributed by atoms with Crippen LogP contribution >= 0.6 is 23.2 Å². The molecule has 1 N–H and O–H groups in total. The number of rotatable bonds is 13. The van der Waals surface area contributed by atoms with Gasteiger partial charge in [0, 0.05) is 35.1 Å². The first-order chi connectivity index (χ1) is 21.1. The molecule has 0 radical (unpaired) electrons. The van der Waals surface area contributed by atoms with Gasteiger partial charge in [-0.2, -0.15) is 0 Å². The molecule has 0 spiro atoms. The Morgan fingerprint density at radius 1 is 0.841 bits per heavy atom. The second-order valence-electron chi connectivity index (χ2n) is 10.0. The van der Waals surface area contributed by atoms with Crippen molar-refractivity contribution in [1.82, 2.24) is 10.2 Å². The first-order valence-electron chi connectivity index (χ1n) is 14.0. The summed E-state index contributed by atoms with van der Waals surface area (Å²) in [6, 6.07) is 25.6. The lowest BCUT2D eigenvalue weighted by atomic mass is 10.0. The largest absolute Gasteiger partial charge is 0.354 e. The summed E-state index contributed by atoms with van der Waals surface area (Å²) in [7, 11) is -4.34. The second-order valence-corrected chi connectivity index (χ2v) is 12.7. The van der Waals surface area contributed by atoms with Gasteiger partial charge in [0.15, 0.2) is 0 Å². The van der Waals surface area contributed by atoms with Crippen molar-refractivity contribution >= 4 is 50.7 Å². The van der Waals surface area contributed by atoms with Crippen LogP contribution in [0.15, 0.2) is 108 Å². The minimum Gasteiger partial charge on any atom is -0.354 e. The minimum atomic E-state index is -4.34. The summed E-state index contributed by atoms with van der Waals surface area (Å²) in [5.74, 6) is -1.67. The second kappa shape index (κ2) is 15.2. The zero-order valence-electron chi connectivity index (χ0n) is 24.0. The molecule has 0 saturated carbocycles. The smallest absolute Gasteiger partial charge is 0.264 e. The van der Waals surface area contributed by atoms with Crippen molar-refractivity contribution in [2.24, 2.45) is 0 Å². The third kappa shape index (κ3) is 8.16. The lowest BCUT2D eigenvalue weighted by molar-refractivity contribution is -0.140. The van der Waals surface area contributed by atoms with Crippen molar-refractivity contribution in [2.45, 2.75) is 37.2 Å². The van der Waals surface area contributed by atoms with E-state index in [1.165, 1.54) is 4.90 Å². The molecule has 0 aliphatic heterocycles. The Kier molecular flexibility index (Phi) is 11.4. The van der Waals surface area contributed by atoms with Gasteiger partial charge in [-0.05, 0) is 60.5 Å². The Morgan fingerprint density at radius 3 is 2.02 bits per heavy atom. The van der Waals surface area contributed by atoms with Crippen LogP contribution in [0.25, 0.3) is 0 Å². The summed E-state index contributed by atoms with van der Waals surface area (Å²) in [5, 5.41) is 3.47. The van der Waals surface area contributed by atoms with Gasteiger partial charge >= 0.3 is 0 Å². The Labute approximate surface area is 267 Å². The predicted molar refractivity (Wildman–Crippen MR) is 172 cm³/mol. The number of benzene rings is 4. The fourth-order valence-corrected chi connectivity index (χ4v) is 6.56. The standard InChI is InChI=1S/C33H32Cl2FN3O4S/c1-2-20-37-33(41)31(21-24-10-5-3-6-11-24)38(22-28-29(34)14-9-15-30(28)35)32(40)23-39(26-12-7-4-8-13-26)44(42,43)27-18-16-25(36)17-19-27/h3-19,31H,2,20-23H2,1H3,(H,37,41). The van der Waals surface area contributed by atoms with E-state index >= 15 is 0 Å². The summed E-state index contributed by atoms with van der Waals surface area (Å²) in [6.45, 7) is 1.48. The number of anilines is 1. The molecule has 0 bridgehead atoms. The molecule has 0 fully saturated rings. The van der Waals surface area contributed by atoms with Crippen molar-refractivity contribution < 1.29 is 22.4 Å². The van der Waals surface area contributed by atoms with Gasteiger partial charge in [-0.1, -0.05) is 84.7 Å². The lowest BCUT2D eigenvalue weighted by Gasteiger charge is -2.34. The fraction of sp³-hybridized carbons (Fsp3) is 0.212. The number of sulfonamides is 1. The van der Waals surface area contributed by atoms with E-state index in [1.54, 1.807) is 48.5 Å². The van der Waals surface area contributed by atoms with Crippen LogP contribution in [0.4, 0.5) is 10.1 Å². The van der Waals surface area contributed by atoms with Crippen molar-refractivity contribution in [1.29, 1.82) is 0 Å². The zero-order chi connectivity index (χ0) is 31.7. The van der Waals surface area contributed by atoms with Crippen LogP contribution in [0.3, 0.4) is 0 Å². The molecule has 0 aromatic heterocycles. The third-order valence-electron chi connectivity index (χ3n) is 6.94. The van der Waals surface area contributed by atoms with Gasteiger partial charge in [-0.15, -0.1) is 0 Å². The molecule has 0 heterocycles. The molecule has 2 amide bonds. The highest BCUT2D eigenvalue weighted by Gasteiger charge is 2.35. The molecule has 0 aliphatic rings. The SMILES string of the molecule is CCCNC(=O)C(Cc1ccccc1)N(Cc1c(Cl)cccc1Cl)C(=O)CN(c1ccccc1)S(=O)(=O)c1ccc(F)cc1. The summed E-state index contributed by atoms with van der Waals surface area (Å²) in [5.41, 5.74) is 1.43. The zero-order valence-corrected chi connectivity index (χ0v) is 26.3. The van der Waals surface area contributed by atoms with Crippen LogP contribution in [0.2, 0.25) is 10.0 Å². The highest BCUT2D eigenvalue weighted by molar-refractivity contribution is 7.92. The summed E-state index contributed by atoms with van der Waals surface area (Å²) < 4.78 is 42.5. The van der Waals surface area contributed by atoms with Gasteiger partial charge in [0.1, 0.15) is 18.4 Å². The lowest BCUT2D eigenvalue weighted by Crippen LogP contribution is -2.53. The maximum Gasteiger partial charge on any atom is 0.264 e. The molecule has 7 nitrogen and oxygen atoms in total. The number of halogens is 3. The summed E-state index contributed by atoms with van der Waals surface area (Å²) >= 11 is 13.0. The number of nitrogens with zero attached hydrogens (tertiary/aromatic N) is 2. The van der Waals surface area contributed by atoms with Gasteiger partial charge in [0.2, 0.25) is 11.8 Å². The Bertz CT molecular complexity index is 1650. The number of hydrogen-bond acceptors (Lipinski definition) is 4. The topological polar surface area (TPSA) is 86.8 Å². The van der Waals surface area contributed by atoms with Crippen LogP contribution in [-0.4, -0.2) is 44.3 Å². The monoisotopic (exact) mass is 655 g/mol. The van der Waals surface area contributed by atoms with Crippen molar-refractivity contribution in [3.63, 3.8) is 0 Å². The number of para-hydroxylation sites is 1. The van der Waals surface area contributed by atoms with Crippen LogP contribution in [0.5, 0.6) is 0 Å². The first kappa shape index (κ1) is 33.0. The Balaban J connectivity index is 1.81. The van der Waals surface area contributed by atoms with Crippen molar-refractivity contribution in [3.05, 3.63) is 130 Å².